The summed E-state index contributed by atoms with van der Waals surface area (Å²) in [5, 5.41) is 12.0. The van der Waals surface area contributed by atoms with E-state index in [1.54, 1.807) is 30.3 Å². The summed E-state index contributed by atoms with van der Waals surface area (Å²) in [5.74, 6) is 0.764. The van der Waals surface area contributed by atoms with E-state index in [4.69, 9.17) is 25.8 Å². The molecule has 0 saturated carbocycles. The Bertz CT molecular complexity index is 1450. The second kappa shape index (κ2) is 11.9. The Morgan fingerprint density at radius 1 is 1.19 bits per heavy atom. The molecule has 1 aromatic heterocycles. The van der Waals surface area contributed by atoms with Crippen LogP contribution in [-0.4, -0.2) is 50.3 Å². The van der Waals surface area contributed by atoms with Gasteiger partial charge in [-0.3, -0.25) is 10.1 Å². The third kappa shape index (κ3) is 7.17. The highest BCUT2D eigenvalue weighted by Crippen LogP contribution is 2.29. The molecular weight excluding hydrogens is 528 g/mol. The molecule has 0 bridgehead atoms. The summed E-state index contributed by atoms with van der Waals surface area (Å²) >= 11 is 6.71. The summed E-state index contributed by atoms with van der Waals surface area (Å²) in [4.78, 5) is 16.2. The van der Waals surface area contributed by atoms with E-state index in [0.717, 1.165) is 11.8 Å². The molecule has 0 aliphatic carbocycles. The highest BCUT2D eigenvalue weighted by molar-refractivity contribution is 7.90. The quantitative estimate of drug-likeness (QED) is 0.227. The van der Waals surface area contributed by atoms with Crippen LogP contribution in [0.5, 0.6) is 17.2 Å². The molecule has 3 rings (SSSR count). The SMILES string of the molecule is COc1cc(/C=C(/C#N)C(=O)Nc2nc(S(C)(=O)=O)ns2)ccc1OCCOc1ccc(Cl)c(C)c1. The molecule has 1 heterocycles. The zero-order valence-electron chi connectivity index (χ0n) is 19.4. The van der Waals surface area contributed by atoms with Crippen LogP contribution < -0.4 is 19.5 Å². The molecule has 0 fully saturated rings. The molecule has 13 heteroatoms. The van der Waals surface area contributed by atoms with E-state index in [-0.39, 0.29) is 23.9 Å². The Morgan fingerprint density at radius 3 is 2.58 bits per heavy atom. The van der Waals surface area contributed by atoms with Crippen LogP contribution in [0, 0.1) is 18.3 Å². The zero-order valence-corrected chi connectivity index (χ0v) is 21.8. The molecular formula is C23H21ClN4O6S2. The van der Waals surface area contributed by atoms with Crippen LogP contribution in [0.3, 0.4) is 0 Å². The molecule has 3 aromatic rings. The number of nitrogens with one attached hydrogen (secondary N) is 1. The predicted molar refractivity (Wildman–Crippen MR) is 135 cm³/mol. The van der Waals surface area contributed by atoms with Gasteiger partial charge in [-0.05, 0) is 54.5 Å². The normalized spacial score (nSPS) is 11.5. The lowest BCUT2D eigenvalue weighted by atomic mass is 10.1. The summed E-state index contributed by atoms with van der Waals surface area (Å²) in [7, 11) is -2.14. The average molecular weight is 549 g/mol. The fourth-order valence-corrected chi connectivity index (χ4v) is 4.36. The number of carbonyl (C=O) groups excluding carboxylic acids is 1. The molecule has 10 nitrogen and oxygen atoms in total. The van der Waals surface area contributed by atoms with Crippen LogP contribution in [0.15, 0.2) is 47.1 Å². The molecule has 1 amide bonds. The van der Waals surface area contributed by atoms with Gasteiger partial charge in [0, 0.05) is 22.8 Å². The van der Waals surface area contributed by atoms with Crippen LogP contribution in [-0.2, 0) is 14.6 Å². The molecule has 188 valence electrons. The van der Waals surface area contributed by atoms with Crippen LogP contribution in [0.1, 0.15) is 11.1 Å². The first-order valence-corrected chi connectivity index (χ1v) is 13.3. The maximum absolute atomic E-state index is 12.5. The number of hydrogen-bond donors (Lipinski definition) is 1. The van der Waals surface area contributed by atoms with Gasteiger partial charge in [0.15, 0.2) is 11.5 Å². The molecule has 0 aliphatic heterocycles. The highest BCUT2D eigenvalue weighted by atomic mass is 35.5. The van der Waals surface area contributed by atoms with Gasteiger partial charge in [-0.1, -0.05) is 17.7 Å². The van der Waals surface area contributed by atoms with Gasteiger partial charge in [0.25, 0.3) is 11.1 Å². The first-order chi connectivity index (χ1) is 17.1. The number of carbonyl (C=O) groups is 1. The van der Waals surface area contributed by atoms with Crippen molar-refractivity contribution in [3.8, 4) is 23.3 Å². The Kier molecular flexibility index (Phi) is 8.87. The number of hydrogen-bond acceptors (Lipinski definition) is 10. The predicted octanol–water partition coefficient (Wildman–Crippen LogP) is 3.92. The van der Waals surface area contributed by atoms with E-state index >= 15 is 0 Å². The number of aromatic nitrogens is 2. The van der Waals surface area contributed by atoms with Crippen molar-refractivity contribution in [2.24, 2.45) is 0 Å². The zero-order chi connectivity index (χ0) is 26.3. The third-order valence-electron chi connectivity index (χ3n) is 4.56. The molecule has 0 aliphatic rings. The van der Waals surface area contributed by atoms with E-state index in [9.17, 15) is 18.5 Å². The van der Waals surface area contributed by atoms with E-state index in [2.05, 4.69) is 14.7 Å². The highest BCUT2D eigenvalue weighted by Gasteiger charge is 2.17. The minimum absolute atomic E-state index is 0.0427. The number of anilines is 1. The maximum atomic E-state index is 12.5. The van der Waals surface area contributed by atoms with E-state index in [0.29, 0.717) is 39.4 Å². The van der Waals surface area contributed by atoms with Gasteiger partial charge in [-0.2, -0.15) is 14.6 Å². The van der Waals surface area contributed by atoms with Gasteiger partial charge < -0.3 is 14.2 Å². The summed E-state index contributed by atoms with van der Waals surface area (Å²) in [6.45, 7) is 2.42. The molecule has 2 aromatic carbocycles. The third-order valence-corrected chi connectivity index (χ3v) is 6.58. The topological polar surface area (TPSA) is 140 Å². The molecule has 0 saturated heterocycles. The summed E-state index contributed by atoms with van der Waals surface area (Å²) in [6, 6.07) is 12.1. The Balaban J connectivity index is 1.64. The van der Waals surface area contributed by atoms with Gasteiger partial charge in [-0.25, -0.2) is 8.42 Å². The van der Waals surface area contributed by atoms with Crippen LogP contribution in [0.2, 0.25) is 5.02 Å². The van der Waals surface area contributed by atoms with Gasteiger partial charge in [0.2, 0.25) is 15.0 Å². The number of nitriles is 1. The second-order valence-corrected chi connectivity index (χ2v) is 10.4. The van der Waals surface area contributed by atoms with Gasteiger partial charge in [0.1, 0.15) is 30.6 Å². The minimum Gasteiger partial charge on any atom is -0.493 e. The number of halogens is 1. The lowest BCUT2D eigenvalue weighted by Crippen LogP contribution is -2.13. The number of benzene rings is 2. The minimum atomic E-state index is -3.61. The number of sulfone groups is 1. The van der Waals surface area contributed by atoms with Crippen molar-refractivity contribution in [3.63, 3.8) is 0 Å². The monoisotopic (exact) mass is 548 g/mol. The molecule has 1 N–H and O–H groups in total. The fraction of sp³-hybridized carbons (Fsp3) is 0.217. The first kappa shape index (κ1) is 26.9. The standard InChI is InChI=1S/C23H21ClN4O6S2/c1-14-10-17(5-6-18(14)24)33-8-9-34-19-7-4-15(12-20(19)32-2)11-16(13-25)21(29)26-22-27-23(28-35-22)36(3,30)31/h4-7,10-12H,8-9H2,1-3H3,(H,26,27,28,29)/b16-11-. The number of methoxy groups -OCH3 is 1. The van der Waals surface area contributed by atoms with Crippen LogP contribution in [0.4, 0.5) is 5.13 Å². The number of aryl methyl sites for hydroxylation is 1. The number of rotatable bonds is 10. The Morgan fingerprint density at radius 2 is 1.94 bits per heavy atom. The second-order valence-electron chi connectivity index (χ2n) is 7.30. The van der Waals surface area contributed by atoms with Crippen molar-refractivity contribution in [1.29, 1.82) is 5.26 Å². The average Bonchev–Trinajstić information content (AvgIpc) is 3.32. The maximum Gasteiger partial charge on any atom is 0.268 e. The van der Waals surface area contributed by atoms with Crippen molar-refractivity contribution in [1.82, 2.24) is 9.36 Å². The lowest BCUT2D eigenvalue weighted by Gasteiger charge is -2.12. The summed E-state index contributed by atoms with van der Waals surface area (Å²) in [5.41, 5.74) is 1.19. The molecule has 0 atom stereocenters. The molecule has 0 spiro atoms. The fourth-order valence-electron chi connectivity index (χ4n) is 2.80. The molecule has 0 radical (unpaired) electrons. The summed E-state index contributed by atoms with van der Waals surface area (Å²) in [6.07, 6.45) is 2.31. The Labute approximate surface area is 217 Å². The van der Waals surface area contributed by atoms with Crippen molar-refractivity contribution in [2.45, 2.75) is 12.1 Å². The van der Waals surface area contributed by atoms with Gasteiger partial charge >= 0.3 is 0 Å². The van der Waals surface area contributed by atoms with Crippen molar-refractivity contribution in [3.05, 3.63) is 58.1 Å². The van der Waals surface area contributed by atoms with E-state index in [1.165, 1.54) is 13.2 Å². The first-order valence-electron chi connectivity index (χ1n) is 10.3. The van der Waals surface area contributed by atoms with E-state index < -0.39 is 20.9 Å². The number of ether oxygens (including phenoxy) is 3. The smallest absolute Gasteiger partial charge is 0.268 e. The van der Waals surface area contributed by atoms with Crippen LogP contribution >= 0.6 is 23.1 Å². The van der Waals surface area contributed by atoms with E-state index in [1.807, 2.05) is 19.1 Å². The van der Waals surface area contributed by atoms with Crippen molar-refractivity contribution < 1.29 is 27.4 Å². The van der Waals surface area contributed by atoms with Crippen LogP contribution in [0.25, 0.3) is 6.08 Å². The number of nitrogens with zero attached hydrogens (tertiary/aromatic N) is 3. The van der Waals surface area contributed by atoms with Gasteiger partial charge in [-0.15, -0.1) is 0 Å². The summed E-state index contributed by atoms with van der Waals surface area (Å²) < 4.78 is 43.4. The largest absolute Gasteiger partial charge is 0.493 e. The molecule has 0 unspecified atom stereocenters. The number of amides is 1. The molecule has 36 heavy (non-hydrogen) atoms. The van der Waals surface area contributed by atoms with Crippen molar-refractivity contribution in [2.75, 3.05) is 31.9 Å². The van der Waals surface area contributed by atoms with Gasteiger partial charge in [0.05, 0.1) is 7.11 Å². The lowest BCUT2D eigenvalue weighted by molar-refractivity contribution is -0.112. The Hall–Kier alpha value is -3.66. The van der Waals surface area contributed by atoms with Crippen molar-refractivity contribution >= 4 is 50.1 Å².